The summed E-state index contributed by atoms with van der Waals surface area (Å²) in [7, 11) is 0. The highest BCUT2D eigenvalue weighted by molar-refractivity contribution is 8.02. The van der Waals surface area contributed by atoms with E-state index in [1.54, 1.807) is 19.9 Å². The fraction of sp³-hybridized carbons (Fsp3) is 0.400. The van der Waals surface area contributed by atoms with E-state index in [-0.39, 0.29) is 22.7 Å². The van der Waals surface area contributed by atoms with E-state index in [1.165, 1.54) is 24.1 Å². The highest BCUT2D eigenvalue weighted by Crippen LogP contribution is 2.52. The lowest BCUT2D eigenvalue weighted by Gasteiger charge is -2.21. The van der Waals surface area contributed by atoms with Crippen LogP contribution in [-0.4, -0.2) is 16.5 Å². The molecule has 3 rings (SSSR count). The molecule has 1 saturated carbocycles. The van der Waals surface area contributed by atoms with Gasteiger partial charge in [-0.05, 0) is 80.8 Å². The molecule has 0 aromatic heterocycles. The Balaban J connectivity index is 1.88. The topological polar surface area (TPSA) is 44.3 Å². The van der Waals surface area contributed by atoms with Crippen LogP contribution in [-0.2, 0) is 0 Å². The number of rotatable bonds is 8. The van der Waals surface area contributed by atoms with Crippen LogP contribution in [0.5, 0.6) is 0 Å². The Morgan fingerprint density at radius 2 is 1.81 bits per heavy atom. The van der Waals surface area contributed by atoms with Crippen molar-refractivity contribution in [3.63, 3.8) is 0 Å². The highest BCUT2D eigenvalue weighted by atomic mass is 32.2. The lowest BCUT2D eigenvalue weighted by Crippen LogP contribution is -2.10. The third-order valence-electron chi connectivity index (χ3n) is 4.77. The summed E-state index contributed by atoms with van der Waals surface area (Å²) in [6.07, 6.45) is 3.55. The molecule has 1 fully saturated rings. The van der Waals surface area contributed by atoms with Crippen LogP contribution in [0.3, 0.4) is 0 Å². The van der Waals surface area contributed by atoms with Crippen molar-refractivity contribution < 1.29 is 18.3 Å². The van der Waals surface area contributed by atoms with Crippen LogP contribution in [0.25, 0.3) is 0 Å². The van der Waals surface area contributed by atoms with E-state index in [0.29, 0.717) is 17.7 Å². The van der Waals surface area contributed by atoms with Gasteiger partial charge in [-0.25, -0.2) is 13.2 Å². The average molecular weight is 396 g/mol. The van der Waals surface area contributed by atoms with E-state index in [9.17, 15) is 13.2 Å². The summed E-state index contributed by atoms with van der Waals surface area (Å²) in [6, 6.07) is 5.67. The van der Waals surface area contributed by atoms with Gasteiger partial charge in [0.2, 0.25) is 0 Å². The molecule has 0 amide bonds. The molecule has 0 saturated heterocycles. The van der Waals surface area contributed by atoms with Crippen molar-refractivity contribution in [2.75, 3.05) is 16.6 Å². The molecule has 3 N–H and O–H groups in total. The first kappa shape index (κ1) is 19.9. The molecule has 0 aliphatic heterocycles. The molecular formula is C20H23F3N2OS. The molecule has 3 nitrogen and oxygen atoms in total. The third kappa shape index (κ3) is 4.52. The lowest BCUT2D eigenvalue weighted by molar-refractivity contribution is 0.283. The van der Waals surface area contributed by atoms with E-state index in [4.69, 9.17) is 5.11 Å². The average Bonchev–Trinajstić information content (AvgIpc) is 3.39. The van der Waals surface area contributed by atoms with Gasteiger partial charge in [0, 0.05) is 11.4 Å². The zero-order valence-corrected chi connectivity index (χ0v) is 16.2. The SMILES string of the molecule is Cc1ccc(Nc2c(F)c(F)cc(C)c2NSC2(CCCO)CC2)c(F)c1. The number of anilines is 3. The standard InChI is InChI=1S/C20H23F3N2OS/c1-12-4-5-16(14(21)10-12)24-19-17(23)15(22)11-13(2)18(19)25-27-20(7-8-20)6-3-9-26/h4-5,10-11,24-26H,3,6-9H2,1-2H3. The Labute approximate surface area is 161 Å². The van der Waals surface area contributed by atoms with Crippen molar-refractivity contribution in [1.82, 2.24) is 0 Å². The summed E-state index contributed by atoms with van der Waals surface area (Å²) >= 11 is 1.46. The fourth-order valence-corrected chi connectivity index (χ4v) is 4.09. The first-order valence-corrected chi connectivity index (χ1v) is 9.73. The molecule has 2 aromatic rings. The van der Waals surface area contributed by atoms with Crippen molar-refractivity contribution in [2.24, 2.45) is 0 Å². The molecule has 0 bridgehead atoms. The van der Waals surface area contributed by atoms with E-state index in [1.807, 2.05) is 0 Å². The van der Waals surface area contributed by atoms with Crippen molar-refractivity contribution >= 4 is 29.0 Å². The lowest BCUT2D eigenvalue weighted by atomic mass is 10.1. The third-order valence-corrected chi connectivity index (χ3v) is 6.12. The maximum Gasteiger partial charge on any atom is 0.184 e. The molecule has 0 radical (unpaired) electrons. The van der Waals surface area contributed by atoms with Gasteiger partial charge in [0.1, 0.15) is 11.5 Å². The number of hydrogen-bond acceptors (Lipinski definition) is 4. The van der Waals surface area contributed by atoms with E-state index >= 15 is 0 Å². The predicted octanol–water partition coefficient (Wildman–Crippen LogP) is 5.83. The molecule has 146 valence electrons. The number of aliphatic hydroxyl groups excluding tert-OH is 1. The van der Waals surface area contributed by atoms with Gasteiger partial charge in [-0.3, -0.25) is 0 Å². The van der Waals surface area contributed by atoms with Crippen LogP contribution >= 0.6 is 11.9 Å². The summed E-state index contributed by atoms with van der Waals surface area (Å²) in [4.78, 5) is 0. The Kier molecular flexibility index (Phi) is 5.91. The number of halogens is 3. The first-order chi connectivity index (χ1) is 12.8. The van der Waals surface area contributed by atoms with Gasteiger partial charge in [-0.15, -0.1) is 0 Å². The van der Waals surface area contributed by atoms with Gasteiger partial charge >= 0.3 is 0 Å². The van der Waals surface area contributed by atoms with Gasteiger partial charge in [0.05, 0.1) is 11.4 Å². The number of aliphatic hydroxyl groups is 1. The molecule has 0 heterocycles. The van der Waals surface area contributed by atoms with Crippen LogP contribution < -0.4 is 10.0 Å². The normalized spacial score (nSPS) is 14.9. The molecule has 2 aromatic carbocycles. The maximum atomic E-state index is 14.5. The first-order valence-electron chi connectivity index (χ1n) is 8.92. The molecule has 0 spiro atoms. The van der Waals surface area contributed by atoms with Crippen LogP contribution in [0.15, 0.2) is 24.3 Å². The van der Waals surface area contributed by atoms with Gasteiger partial charge in [0.25, 0.3) is 0 Å². The summed E-state index contributed by atoms with van der Waals surface area (Å²) in [5.74, 6) is -2.57. The number of hydrogen-bond donors (Lipinski definition) is 3. The van der Waals surface area contributed by atoms with E-state index in [2.05, 4.69) is 10.0 Å². The minimum absolute atomic E-state index is 0.00636. The van der Waals surface area contributed by atoms with Gasteiger partial charge in [-0.2, -0.15) is 0 Å². The molecule has 0 unspecified atom stereocenters. The van der Waals surface area contributed by atoms with E-state index in [0.717, 1.165) is 30.9 Å². The second kappa shape index (κ2) is 8.02. The van der Waals surface area contributed by atoms with Crippen LogP contribution in [0.1, 0.15) is 36.8 Å². The largest absolute Gasteiger partial charge is 0.396 e. The van der Waals surface area contributed by atoms with Gasteiger partial charge < -0.3 is 15.1 Å². The van der Waals surface area contributed by atoms with Gasteiger partial charge in [0.15, 0.2) is 11.6 Å². The Morgan fingerprint density at radius 1 is 1.07 bits per heavy atom. The van der Waals surface area contributed by atoms with Crippen LogP contribution in [0.4, 0.5) is 30.2 Å². The number of benzene rings is 2. The molecule has 27 heavy (non-hydrogen) atoms. The minimum Gasteiger partial charge on any atom is -0.396 e. The quantitative estimate of drug-likeness (QED) is 0.491. The number of nitrogens with one attached hydrogen (secondary N) is 2. The second-order valence-corrected chi connectivity index (χ2v) is 8.34. The van der Waals surface area contributed by atoms with E-state index < -0.39 is 17.5 Å². The smallest absolute Gasteiger partial charge is 0.184 e. The molecule has 1 aliphatic rings. The highest BCUT2D eigenvalue weighted by Gasteiger charge is 2.43. The molecule has 0 atom stereocenters. The fourth-order valence-electron chi connectivity index (χ4n) is 2.96. The molecule has 7 heteroatoms. The number of aryl methyl sites for hydroxylation is 2. The maximum absolute atomic E-state index is 14.5. The van der Waals surface area contributed by atoms with Crippen molar-refractivity contribution in [3.05, 3.63) is 52.8 Å². The zero-order chi connectivity index (χ0) is 19.6. The summed E-state index contributed by atoms with van der Waals surface area (Å²) < 4.78 is 45.9. The predicted molar refractivity (Wildman–Crippen MR) is 105 cm³/mol. The summed E-state index contributed by atoms with van der Waals surface area (Å²) in [5.41, 5.74) is 1.63. The minimum atomic E-state index is -1.05. The second-order valence-electron chi connectivity index (χ2n) is 7.06. The van der Waals surface area contributed by atoms with Gasteiger partial charge in [-0.1, -0.05) is 6.07 Å². The van der Waals surface area contributed by atoms with Crippen molar-refractivity contribution in [1.29, 1.82) is 0 Å². The van der Waals surface area contributed by atoms with Crippen molar-refractivity contribution in [3.8, 4) is 0 Å². The Morgan fingerprint density at radius 3 is 2.44 bits per heavy atom. The zero-order valence-electron chi connectivity index (χ0n) is 15.3. The summed E-state index contributed by atoms with van der Waals surface area (Å²) in [6.45, 7) is 3.56. The molecular weight excluding hydrogens is 373 g/mol. The Bertz CT molecular complexity index is 840. The molecule has 1 aliphatic carbocycles. The monoisotopic (exact) mass is 396 g/mol. The van der Waals surface area contributed by atoms with Crippen molar-refractivity contribution in [2.45, 2.75) is 44.3 Å². The summed E-state index contributed by atoms with van der Waals surface area (Å²) in [5, 5.41) is 11.8. The Hall–Kier alpha value is -1.86. The van der Waals surface area contributed by atoms with Crippen LogP contribution in [0, 0.1) is 31.3 Å². The van der Waals surface area contributed by atoms with Crippen LogP contribution in [0.2, 0.25) is 0 Å².